The molecule has 4 heteroatoms. The van der Waals surface area contributed by atoms with Crippen molar-refractivity contribution >= 4 is 17.8 Å². The lowest BCUT2D eigenvalue weighted by molar-refractivity contribution is -0.134. The van der Waals surface area contributed by atoms with Gasteiger partial charge in [0.05, 0.1) is 0 Å². The zero-order valence-electron chi connectivity index (χ0n) is 11.9. The van der Waals surface area contributed by atoms with E-state index in [2.05, 4.69) is 0 Å². The quantitative estimate of drug-likeness (QED) is 0.662. The van der Waals surface area contributed by atoms with Gasteiger partial charge in [0.25, 0.3) is 5.97 Å². The number of rotatable bonds is 3. The molecule has 0 saturated carbocycles. The number of aliphatic carboxylic acids is 1. The van der Waals surface area contributed by atoms with Gasteiger partial charge in [-0.15, -0.1) is 0 Å². The molecule has 4 N–H and O–H groups in total. The van der Waals surface area contributed by atoms with E-state index in [9.17, 15) is 4.79 Å². The first kappa shape index (κ1) is 18.3. The van der Waals surface area contributed by atoms with Crippen molar-refractivity contribution in [3.8, 4) is 0 Å². The summed E-state index contributed by atoms with van der Waals surface area (Å²) in [6.07, 6.45) is 3.43. The van der Waals surface area contributed by atoms with Crippen LogP contribution in [0.15, 0.2) is 66.7 Å². The van der Waals surface area contributed by atoms with Gasteiger partial charge >= 0.3 is 0 Å². The normalized spacial score (nSPS) is 9.19. The molecule has 0 aliphatic carbocycles. The van der Waals surface area contributed by atoms with E-state index < -0.39 is 5.97 Å². The van der Waals surface area contributed by atoms with E-state index in [0.717, 1.165) is 18.1 Å². The Balaban J connectivity index is 0.000000715. The third-order valence-electron chi connectivity index (χ3n) is 2.29. The van der Waals surface area contributed by atoms with Gasteiger partial charge in [0.15, 0.2) is 5.78 Å². The summed E-state index contributed by atoms with van der Waals surface area (Å²) < 4.78 is 0. The first-order valence-corrected chi connectivity index (χ1v) is 6.11. The van der Waals surface area contributed by atoms with Crippen LogP contribution in [0.4, 0.5) is 0 Å². The Morgan fingerprint density at radius 3 is 1.81 bits per heavy atom. The summed E-state index contributed by atoms with van der Waals surface area (Å²) in [6.45, 7) is 1.08. The van der Waals surface area contributed by atoms with Crippen LogP contribution in [0, 0.1) is 0 Å². The molecule has 0 bridgehead atoms. The first-order valence-electron chi connectivity index (χ1n) is 6.11. The molecule has 4 nitrogen and oxygen atoms in total. The number of carbonyl (C=O) groups is 2. The maximum Gasteiger partial charge on any atom is 0.300 e. The molecule has 0 fully saturated rings. The van der Waals surface area contributed by atoms with Gasteiger partial charge in [-0.05, 0) is 11.6 Å². The van der Waals surface area contributed by atoms with Gasteiger partial charge in [0.1, 0.15) is 0 Å². The van der Waals surface area contributed by atoms with E-state index in [-0.39, 0.29) is 11.9 Å². The van der Waals surface area contributed by atoms with E-state index >= 15 is 0 Å². The number of allylic oxidation sites excluding steroid dienone is 1. The van der Waals surface area contributed by atoms with E-state index in [1.165, 1.54) is 0 Å². The van der Waals surface area contributed by atoms with Crippen LogP contribution >= 0.6 is 0 Å². The predicted molar refractivity (Wildman–Crippen MR) is 84.6 cm³/mol. The monoisotopic (exact) mass is 285 g/mol. The number of hydrogen-bond acceptors (Lipinski definition) is 3. The highest BCUT2D eigenvalue weighted by Gasteiger charge is 1.98. The smallest absolute Gasteiger partial charge is 0.300 e. The largest absolute Gasteiger partial charge is 0.481 e. The topological polar surface area (TPSA) is 89.4 Å². The molecular weight excluding hydrogens is 266 g/mol. The minimum atomic E-state index is -0.833. The fourth-order valence-electron chi connectivity index (χ4n) is 1.43. The second kappa shape index (κ2) is 10.1. The first-order chi connectivity index (χ1) is 9.59. The molecule has 0 spiro atoms. The van der Waals surface area contributed by atoms with Crippen LogP contribution in [-0.2, 0) is 4.79 Å². The fourth-order valence-corrected chi connectivity index (χ4v) is 1.43. The van der Waals surface area contributed by atoms with Gasteiger partial charge in [0, 0.05) is 12.5 Å². The molecule has 21 heavy (non-hydrogen) atoms. The third-order valence-corrected chi connectivity index (χ3v) is 2.29. The number of hydrogen-bond donors (Lipinski definition) is 2. The zero-order chi connectivity index (χ0) is 14.8. The second-order valence-electron chi connectivity index (χ2n) is 3.99. The summed E-state index contributed by atoms with van der Waals surface area (Å²) in [7, 11) is 0. The lowest BCUT2D eigenvalue weighted by Crippen LogP contribution is -1.92. The molecule has 0 saturated heterocycles. The standard InChI is InChI=1S/C15H12O.C2H4O2.H3N/c16-15(14-9-5-2-6-10-14)12-11-13-7-3-1-4-8-13;1-2(3)4;/h1-12H;1H3,(H,3,4);1H3/b12-11+;;. The van der Waals surface area contributed by atoms with Gasteiger partial charge in [-0.3, -0.25) is 9.59 Å². The average molecular weight is 285 g/mol. The summed E-state index contributed by atoms with van der Waals surface area (Å²) >= 11 is 0. The molecule has 0 aliphatic rings. The van der Waals surface area contributed by atoms with Crippen LogP contribution < -0.4 is 6.15 Å². The van der Waals surface area contributed by atoms with E-state index in [1.54, 1.807) is 6.08 Å². The van der Waals surface area contributed by atoms with E-state index in [0.29, 0.717) is 0 Å². The number of benzene rings is 2. The van der Waals surface area contributed by atoms with E-state index in [4.69, 9.17) is 9.90 Å². The van der Waals surface area contributed by atoms with Gasteiger partial charge in [-0.2, -0.15) is 0 Å². The van der Waals surface area contributed by atoms with Crippen LogP contribution in [0.1, 0.15) is 22.8 Å². The lowest BCUT2D eigenvalue weighted by Gasteiger charge is -1.94. The van der Waals surface area contributed by atoms with Gasteiger partial charge < -0.3 is 11.3 Å². The molecular formula is C17H19NO3. The minimum absolute atomic E-state index is 0. The lowest BCUT2D eigenvalue weighted by atomic mass is 10.1. The van der Waals surface area contributed by atoms with Gasteiger partial charge in [-0.25, -0.2) is 0 Å². The summed E-state index contributed by atoms with van der Waals surface area (Å²) in [5.74, 6) is -0.801. The molecule has 0 aliphatic heterocycles. The maximum absolute atomic E-state index is 11.7. The van der Waals surface area contributed by atoms with Gasteiger partial charge in [0.2, 0.25) is 0 Å². The Hall–Kier alpha value is -2.72. The highest BCUT2D eigenvalue weighted by atomic mass is 16.4. The fraction of sp³-hybridized carbons (Fsp3) is 0.0588. The molecule has 0 amide bonds. The Kier molecular flexibility index (Phi) is 8.80. The average Bonchev–Trinajstić information content (AvgIpc) is 2.46. The Bertz CT molecular complexity index is 573. The van der Waals surface area contributed by atoms with Crippen molar-refractivity contribution in [1.82, 2.24) is 6.15 Å². The number of carboxylic acids is 1. The van der Waals surface area contributed by atoms with Crippen LogP contribution in [0.2, 0.25) is 0 Å². The highest BCUT2D eigenvalue weighted by molar-refractivity contribution is 6.06. The van der Waals surface area contributed by atoms with Crippen LogP contribution in [0.25, 0.3) is 6.08 Å². The van der Waals surface area contributed by atoms with Crippen molar-refractivity contribution in [2.75, 3.05) is 0 Å². The Morgan fingerprint density at radius 2 is 1.33 bits per heavy atom. The minimum Gasteiger partial charge on any atom is -0.481 e. The SMILES string of the molecule is CC(=O)O.N.O=C(/C=C/c1ccccc1)c1ccccc1. The summed E-state index contributed by atoms with van der Waals surface area (Å²) in [5.41, 5.74) is 1.75. The summed E-state index contributed by atoms with van der Waals surface area (Å²) in [4.78, 5) is 20.7. The highest BCUT2D eigenvalue weighted by Crippen LogP contribution is 2.05. The van der Waals surface area contributed by atoms with E-state index in [1.807, 2.05) is 66.7 Å². The van der Waals surface area contributed by atoms with Crippen LogP contribution in [0.5, 0.6) is 0 Å². The van der Waals surface area contributed by atoms with Crippen LogP contribution in [0.3, 0.4) is 0 Å². The predicted octanol–water partition coefficient (Wildman–Crippen LogP) is 3.84. The molecule has 2 aromatic carbocycles. The summed E-state index contributed by atoms with van der Waals surface area (Å²) in [5, 5.41) is 7.42. The second-order valence-corrected chi connectivity index (χ2v) is 3.99. The zero-order valence-corrected chi connectivity index (χ0v) is 11.9. The molecule has 0 radical (unpaired) electrons. The summed E-state index contributed by atoms with van der Waals surface area (Å²) in [6, 6.07) is 19.1. The third kappa shape index (κ3) is 8.13. The molecule has 110 valence electrons. The molecule has 0 atom stereocenters. The van der Waals surface area contributed by atoms with Crippen molar-refractivity contribution < 1.29 is 14.7 Å². The van der Waals surface area contributed by atoms with Crippen LogP contribution in [-0.4, -0.2) is 16.9 Å². The number of carboxylic acid groups (broad SMARTS) is 1. The maximum atomic E-state index is 11.7. The number of ketones is 1. The molecule has 0 aromatic heterocycles. The van der Waals surface area contributed by atoms with Crippen molar-refractivity contribution in [2.24, 2.45) is 0 Å². The molecule has 0 heterocycles. The van der Waals surface area contributed by atoms with Crippen molar-refractivity contribution in [1.29, 1.82) is 0 Å². The molecule has 2 aromatic rings. The van der Waals surface area contributed by atoms with Crippen molar-refractivity contribution in [3.63, 3.8) is 0 Å². The molecule has 2 rings (SSSR count). The van der Waals surface area contributed by atoms with Gasteiger partial charge in [-0.1, -0.05) is 66.7 Å². The Morgan fingerprint density at radius 1 is 0.905 bits per heavy atom. The van der Waals surface area contributed by atoms with Crippen molar-refractivity contribution in [3.05, 3.63) is 77.9 Å². The van der Waals surface area contributed by atoms with Crippen molar-refractivity contribution in [2.45, 2.75) is 6.92 Å². The Labute approximate surface area is 124 Å². The molecule has 0 unspecified atom stereocenters. The number of carbonyl (C=O) groups excluding carboxylic acids is 1.